The van der Waals surface area contributed by atoms with E-state index < -0.39 is 0 Å². The second kappa shape index (κ2) is 8.81. The maximum Gasteiger partial charge on any atom is 0.0642 e. The maximum atomic E-state index is 6.43. The summed E-state index contributed by atoms with van der Waals surface area (Å²) in [5, 5.41) is 4.34. The first-order valence-corrected chi connectivity index (χ1v) is 8.94. The molecular formula is C16H27ClN2S. The van der Waals surface area contributed by atoms with Crippen molar-refractivity contribution in [3.05, 3.63) is 28.8 Å². The van der Waals surface area contributed by atoms with E-state index in [2.05, 4.69) is 50.4 Å². The highest BCUT2D eigenvalue weighted by molar-refractivity contribution is 7.98. The predicted octanol–water partition coefficient (Wildman–Crippen LogP) is 4.27. The Kier molecular flexibility index (Phi) is 7.78. The van der Waals surface area contributed by atoms with E-state index in [1.54, 1.807) is 0 Å². The third-order valence-corrected chi connectivity index (χ3v) is 4.48. The van der Waals surface area contributed by atoms with Gasteiger partial charge in [-0.2, -0.15) is 11.8 Å². The van der Waals surface area contributed by atoms with Gasteiger partial charge >= 0.3 is 0 Å². The normalized spacial score (nSPS) is 12.8. The van der Waals surface area contributed by atoms with Gasteiger partial charge in [0.1, 0.15) is 0 Å². The molecule has 0 aliphatic rings. The molecule has 114 valence electrons. The van der Waals surface area contributed by atoms with Crippen molar-refractivity contribution in [1.82, 2.24) is 5.32 Å². The molecule has 1 atom stereocenters. The zero-order chi connectivity index (χ0) is 15.1. The molecule has 1 rings (SSSR count). The topological polar surface area (TPSA) is 15.3 Å². The van der Waals surface area contributed by atoms with Gasteiger partial charge in [-0.05, 0) is 37.3 Å². The molecule has 0 saturated carbocycles. The number of para-hydroxylation sites is 1. The summed E-state index contributed by atoms with van der Waals surface area (Å²) in [6.45, 7) is 8.57. The van der Waals surface area contributed by atoms with E-state index in [9.17, 15) is 0 Å². The van der Waals surface area contributed by atoms with Crippen LogP contribution in [0.2, 0.25) is 5.02 Å². The molecule has 0 amide bonds. The van der Waals surface area contributed by atoms with Crippen LogP contribution in [-0.4, -0.2) is 31.6 Å². The summed E-state index contributed by atoms with van der Waals surface area (Å²) in [6.07, 6.45) is 2.14. The van der Waals surface area contributed by atoms with Crippen LogP contribution in [0.5, 0.6) is 0 Å². The zero-order valence-electron chi connectivity index (χ0n) is 13.2. The largest absolute Gasteiger partial charge is 0.370 e. The Morgan fingerprint density at radius 3 is 2.60 bits per heavy atom. The molecule has 4 heteroatoms. The fraction of sp³-hybridized carbons (Fsp3) is 0.625. The van der Waals surface area contributed by atoms with Gasteiger partial charge in [0.2, 0.25) is 0 Å². The fourth-order valence-electron chi connectivity index (χ4n) is 2.17. The fourth-order valence-corrected chi connectivity index (χ4v) is 3.20. The van der Waals surface area contributed by atoms with Gasteiger partial charge in [0.05, 0.1) is 10.7 Å². The summed E-state index contributed by atoms with van der Waals surface area (Å²) in [5.74, 6) is 1.76. The Hall–Kier alpha value is -0.380. The number of rotatable bonds is 8. The Bertz CT molecular complexity index is 409. The van der Waals surface area contributed by atoms with Gasteiger partial charge in [-0.15, -0.1) is 0 Å². The van der Waals surface area contributed by atoms with Gasteiger partial charge < -0.3 is 10.2 Å². The summed E-state index contributed by atoms with van der Waals surface area (Å²) in [7, 11) is 2.13. The minimum absolute atomic E-state index is 0.466. The van der Waals surface area contributed by atoms with Crippen molar-refractivity contribution in [2.75, 3.05) is 30.5 Å². The number of benzene rings is 1. The average molecular weight is 315 g/mol. The number of anilines is 1. The van der Waals surface area contributed by atoms with E-state index in [0.717, 1.165) is 29.6 Å². The quantitative estimate of drug-likeness (QED) is 0.771. The lowest BCUT2D eigenvalue weighted by molar-refractivity contribution is 0.552. The molecule has 1 aromatic rings. The molecule has 1 unspecified atom stereocenters. The monoisotopic (exact) mass is 314 g/mol. The summed E-state index contributed by atoms with van der Waals surface area (Å²) in [5.41, 5.74) is 2.43. The molecule has 0 bridgehead atoms. The van der Waals surface area contributed by atoms with Gasteiger partial charge in [-0.25, -0.2) is 0 Å². The van der Waals surface area contributed by atoms with Crippen molar-refractivity contribution in [2.45, 2.75) is 33.4 Å². The smallest absolute Gasteiger partial charge is 0.0642 e. The van der Waals surface area contributed by atoms with Crippen LogP contribution in [0.4, 0.5) is 5.69 Å². The van der Waals surface area contributed by atoms with Gasteiger partial charge in [0, 0.05) is 25.4 Å². The summed E-state index contributed by atoms with van der Waals surface area (Å²) in [4.78, 5) is 2.30. The highest BCUT2D eigenvalue weighted by Gasteiger charge is 2.16. The Morgan fingerprint density at radius 1 is 1.30 bits per heavy atom. The highest BCUT2D eigenvalue weighted by atomic mass is 35.5. The lowest BCUT2D eigenvalue weighted by Crippen LogP contribution is -2.32. The summed E-state index contributed by atoms with van der Waals surface area (Å²) >= 11 is 8.30. The minimum Gasteiger partial charge on any atom is -0.370 e. The van der Waals surface area contributed by atoms with Crippen LogP contribution < -0.4 is 10.2 Å². The van der Waals surface area contributed by atoms with Crippen LogP contribution in [0, 0.1) is 5.92 Å². The lowest BCUT2D eigenvalue weighted by Gasteiger charge is -2.29. The van der Waals surface area contributed by atoms with E-state index >= 15 is 0 Å². The molecule has 0 aliphatic heterocycles. The number of hydrogen-bond acceptors (Lipinski definition) is 3. The lowest BCUT2D eigenvalue weighted by atomic mass is 10.1. The van der Waals surface area contributed by atoms with Crippen LogP contribution in [0.25, 0.3) is 0 Å². The molecule has 0 spiro atoms. The van der Waals surface area contributed by atoms with Crippen LogP contribution in [-0.2, 0) is 6.54 Å². The Labute approximate surface area is 133 Å². The first-order chi connectivity index (χ1) is 9.47. The van der Waals surface area contributed by atoms with Crippen LogP contribution in [0.3, 0.4) is 0 Å². The van der Waals surface area contributed by atoms with Gasteiger partial charge in [0.15, 0.2) is 0 Å². The van der Waals surface area contributed by atoms with Gasteiger partial charge in [0.25, 0.3) is 0 Å². The molecule has 1 aromatic carbocycles. The summed E-state index contributed by atoms with van der Waals surface area (Å²) in [6, 6.07) is 6.64. The van der Waals surface area contributed by atoms with Crippen molar-refractivity contribution in [1.29, 1.82) is 0 Å². The molecule has 0 aliphatic carbocycles. The van der Waals surface area contributed by atoms with E-state index in [0.29, 0.717) is 12.0 Å². The van der Waals surface area contributed by atoms with Crippen molar-refractivity contribution < 1.29 is 0 Å². The van der Waals surface area contributed by atoms with Crippen molar-refractivity contribution in [2.24, 2.45) is 5.92 Å². The first kappa shape index (κ1) is 17.7. The number of nitrogens with one attached hydrogen (secondary N) is 1. The van der Waals surface area contributed by atoms with E-state index in [1.807, 2.05) is 23.9 Å². The van der Waals surface area contributed by atoms with Crippen molar-refractivity contribution in [3.8, 4) is 0 Å². The highest BCUT2D eigenvalue weighted by Crippen LogP contribution is 2.30. The minimum atomic E-state index is 0.466. The average Bonchev–Trinajstić information content (AvgIpc) is 2.38. The third-order valence-electron chi connectivity index (χ3n) is 3.36. The second-order valence-corrected chi connectivity index (χ2v) is 7.01. The third kappa shape index (κ3) is 5.19. The molecule has 2 nitrogen and oxygen atoms in total. The Morgan fingerprint density at radius 2 is 2.00 bits per heavy atom. The molecule has 0 heterocycles. The zero-order valence-corrected chi connectivity index (χ0v) is 14.8. The molecular weight excluding hydrogens is 288 g/mol. The number of hydrogen-bond donors (Lipinski definition) is 1. The predicted molar refractivity (Wildman–Crippen MR) is 94.2 cm³/mol. The molecule has 1 N–H and O–H groups in total. The van der Waals surface area contributed by atoms with Gasteiger partial charge in [-0.3, -0.25) is 0 Å². The van der Waals surface area contributed by atoms with Crippen molar-refractivity contribution in [3.63, 3.8) is 0 Å². The van der Waals surface area contributed by atoms with E-state index in [1.165, 1.54) is 5.56 Å². The van der Waals surface area contributed by atoms with Crippen molar-refractivity contribution >= 4 is 29.1 Å². The SMILES string of the molecule is CSCC(C)N(C)c1c(Cl)cccc1CNCC(C)C. The van der Waals surface area contributed by atoms with Crippen LogP contribution in [0.15, 0.2) is 18.2 Å². The van der Waals surface area contributed by atoms with Crippen LogP contribution >= 0.6 is 23.4 Å². The Balaban J connectivity index is 2.87. The molecule has 0 aromatic heterocycles. The number of thioether (sulfide) groups is 1. The number of halogens is 1. The summed E-state index contributed by atoms with van der Waals surface area (Å²) < 4.78 is 0. The van der Waals surface area contributed by atoms with Crippen LogP contribution in [0.1, 0.15) is 26.3 Å². The van der Waals surface area contributed by atoms with Gasteiger partial charge in [-0.1, -0.05) is 37.6 Å². The molecule has 0 saturated heterocycles. The van der Waals surface area contributed by atoms with E-state index in [-0.39, 0.29) is 0 Å². The molecule has 20 heavy (non-hydrogen) atoms. The standard InChI is InChI=1S/C16H27ClN2S/c1-12(2)9-18-10-14-7-6-8-15(17)16(14)19(4)13(3)11-20-5/h6-8,12-13,18H,9-11H2,1-5H3. The first-order valence-electron chi connectivity index (χ1n) is 7.17. The molecule has 0 fully saturated rings. The van der Waals surface area contributed by atoms with E-state index in [4.69, 9.17) is 11.6 Å². The number of nitrogens with zero attached hydrogens (tertiary/aromatic N) is 1. The second-order valence-electron chi connectivity index (χ2n) is 5.69. The molecule has 0 radical (unpaired) electrons. The maximum absolute atomic E-state index is 6.43.